The number of benzene rings is 1. The van der Waals surface area contributed by atoms with Gasteiger partial charge in [0, 0.05) is 37.7 Å². The molecule has 5 heteroatoms. The predicted octanol–water partition coefficient (Wildman–Crippen LogP) is 2.27. The lowest BCUT2D eigenvalue weighted by Gasteiger charge is -2.28. The molecule has 1 N–H and O–H groups in total. The van der Waals surface area contributed by atoms with Crippen molar-refractivity contribution >= 4 is 17.5 Å². The molecule has 0 radical (unpaired) electrons. The Bertz CT molecular complexity index is 654. The minimum Gasteiger partial charge on any atom is -0.343 e. The molecule has 1 aromatic carbocycles. The fourth-order valence-corrected chi connectivity index (χ4v) is 4.45. The predicted molar refractivity (Wildman–Crippen MR) is 97.6 cm³/mol. The molecule has 25 heavy (non-hydrogen) atoms. The molecule has 4 rings (SSSR count). The number of anilines is 1. The average molecular weight is 341 g/mol. The summed E-state index contributed by atoms with van der Waals surface area (Å²) in [4.78, 5) is 28.8. The molecule has 0 aromatic heterocycles. The van der Waals surface area contributed by atoms with Gasteiger partial charge < -0.3 is 15.1 Å². The van der Waals surface area contributed by atoms with Gasteiger partial charge in [0.05, 0.1) is 6.04 Å². The van der Waals surface area contributed by atoms with Crippen molar-refractivity contribution in [1.29, 1.82) is 0 Å². The van der Waals surface area contributed by atoms with Gasteiger partial charge in [0.25, 0.3) is 0 Å². The minimum atomic E-state index is -0.0410. The van der Waals surface area contributed by atoms with Crippen LogP contribution in [-0.2, 0) is 9.59 Å². The number of fused-ring (bicyclic) bond motifs is 1. The Kier molecular flexibility index (Phi) is 4.75. The summed E-state index contributed by atoms with van der Waals surface area (Å²) in [5, 5.41) is 3.38. The number of likely N-dealkylation sites (tertiary alicyclic amines) is 1. The van der Waals surface area contributed by atoms with E-state index in [4.69, 9.17) is 0 Å². The van der Waals surface area contributed by atoms with E-state index in [0.717, 1.165) is 64.0 Å². The average Bonchev–Trinajstić information content (AvgIpc) is 3.23. The molecule has 0 spiro atoms. The van der Waals surface area contributed by atoms with Crippen LogP contribution in [0.4, 0.5) is 5.69 Å². The molecule has 2 fully saturated rings. The van der Waals surface area contributed by atoms with Crippen LogP contribution in [0.2, 0.25) is 0 Å². The molecule has 2 amide bonds. The highest BCUT2D eigenvalue weighted by Gasteiger charge is 2.36. The van der Waals surface area contributed by atoms with Gasteiger partial charge in [-0.05, 0) is 43.9 Å². The van der Waals surface area contributed by atoms with Crippen molar-refractivity contribution in [1.82, 2.24) is 10.2 Å². The second-order valence-electron chi connectivity index (χ2n) is 7.48. The molecule has 1 aromatic rings. The number of hydrogen-bond acceptors (Lipinski definition) is 3. The maximum Gasteiger partial charge on any atom is 0.244 e. The lowest BCUT2D eigenvalue weighted by molar-refractivity contribution is -0.127. The smallest absolute Gasteiger partial charge is 0.244 e. The van der Waals surface area contributed by atoms with E-state index in [-0.39, 0.29) is 17.9 Å². The van der Waals surface area contributed by atoms with Gasteiger partial charge >= 0.3 is 0 Å². The van der Waals surface area contributed by atoms with Gasteiger partial charge in [0.1, 0.15) is 0 Å². The Morgan fingerprint density at radius 2 is 2.08 bits per heavy atom. The van der Waals surface area contributed by atoms with Crippen LogP contribution in [0.25, 0.3) is 0 Å². The lowest BCUT2D eigenvalue weighted by atomic mass is 9.98. The van der Waals surface area contributed by atoms with E-state index < -0.39 is 0 Å². The third-order valence-corrected chi connectivity index (χ3v) is 5.86. The van der Waals surface area contributed by atoms with E-state index in [0.29, 0.717) is 12.3 Å². The summed E-state index contributed by atoms with van der Waals surface area (Å²) in [6, 6.07) is 8.24. The minimum absolute atomic E-state index is 0.0410. The number of para-hydroxylation sites is 1. The summed E-state index contributed by atoms with van der Waals surface area (Å²) in [5.41, 5.74) is 2.33. The largest absolute Gasteiger partial charge is 0.343 e. The highest BCUT2D eigenvalue weighted by Crippen LogP contribution is 2.38. The van der Waals surface area contributed by atoms with Crippen LogP contribution >= 0.6 is 0 Å². The quantitative estimate of drug-likeness (QED) is 0.914. The summed E-state index contributed by atoms with van der Waals surface area (Å²) in [6.07, 6.45) is 5.83. The molecule has 1 unspecified atom stereocenters. The molecule has 5 nitrogen and oxygen atoms in total. The van der Waals surface area contributed by atoms with Crippen molar-refractivity contribution in [2.75, 3.05) is 31.1 Å². The Morgan fingerprint density at radius 3 is 2.84 bits per heavy atom. The third-order valence-electron chi connectivity index (χ3n) is 5.86. The van der Waals surface area contributed by atoms with Crippen LogP contribution in [-0.4, -0.2) is 48.9 Å². The summed E-state index contributed by atoms with van der Waals surface area (Å²) < 4.78 is 0. The van der Waals surface area contributed by atoms with Crippen molar-refractivity contribution in [3.63, 3.8) is 0 Å². The highest BCUT2D eigenvalue weighted by molar-refractivity contribution is 5.99. The van der Waals surface area contributed by atoms with E-state index in [1.807, 2.05) is 15.9 Å². The SMILES string of the molecule is O=C1CCCN1CCC1CN(C(=O)[C@H]2CCCCN2)c2ccccc21. The first kappa shape index (κ1) is 16.6. The first-order valence-electron chi connectivity index (χ1n) is 9.65. The van der Waals surface area contributed by atoms with E-state index in [1.54, 1.807) is 0 Å². The molecule has 0 bridgehead atoms. The van der Waals surface area contributed by atoms with Crippen molar-refractivity contribution in [3.05, 3.63) is 29.8 Å². The molecule has 3 aliphatic rings. The molecule has 0 aliphatic carbocycles. The zero-order valence-corrected chi connectivity index (χ0v) is 14.7. The number of hydrogen-bond donors (Lipinski definition) is 1. The number of rotatable bonds is 4. The standard InChI is InChI=1S/C20H27N3O2/c24-19-9-5-12-22(19)13-10-15-14-23(18-8-2-1-6-16(15)18)20(25)17-7-3-4-11-21-17/h1-2,6,8,15,17,21H,3-5,7,9-14H2/t15?,17-/m1/s1. The van der Waals surface area contributed by atoms with Gasteiger partial charge in [-0.2, -0.15) is 0 Å². The summed E-state index contributed by atoms with van der Waals surface area (Å²) in [5.74, 6) is 0.828. The zero-order chi connectivity index (χ0) is 17.2. The van der Waals surface area contributed by atoms with Crippen molar-refractivity contribution < 1.29 is 9.59 Å². The van der Waals surface area contributed by atoms with Crippen LogP contribution < -0.4 is 10.2 Å². The number of amides is 2. The molecule has 3 heterocycles. The van der Waals surface area contributed by atoms with Gasteiger partial charge in [0.2, 0.25) is 11.8 Å². The fourth-order valence-electron chi connectivity index (χ4n) is 4.45. The summed E-state index contributed by atoms with van der Waals surface area (Å²) >= 11 is 0. The Labute approximate surface area is 149 Å². The van der Waals surface area contributed by atoms with Crippen LogP contribution in [0.3, 0.4) is 0 Å². The van der Waals surface area contributed by atoms with Gasteiger partial charge in [-0.25, -0.2) is 0 Å². The van der Waals surface area contributed by atoms with Crippen molar-refractivity contribution in [2.45, 2.75) is 50.5 Å². The molecule has 2 atom stereocenters. The zero-order valence-electron chi connectivity index (χ0n) is 14.7. The summed E-state index contributed by atoms with van der Waals surface area (Å²) in [6.45, 7) is 3.38. The van der Waals surface area contributed by atoms with Crippen LogP contribution in [0.1, 0.15) is 50.0 Å². The first-order chi connectivity index (χ1) is 12.2. The van der Waals surface area contributed by atoms with Gasteiger partial charge in [-0.1, -0.05) is 24.6 Å². The van der Waals surface area contributed by atoms with E-state index in [1.165, 1.54) is 5.56 Å². The monoisotopic (exact) mass is 341 g/mol. The van der Waals surface area contributed by atoms with Crippen LogP contribution in [0, 0.1) is 0 Å². The van der Waals surface area contributed by atoms with Crippen LogP contribution in [0.15, 0.2) is 24.3 Å². The summed E-state index contributed by atoms with van der Waals surface area (Å²) in [7, 11) is 0. The Morgan fingerprint density at radius 1 is 1.20 bits per heavy atom. The van der Waals surface area contributed by atoms with Crippen LogP contribution in [0.5, 0.6) is 0 Å². The number of piperidine rings is 1. The van der Waals surface area contributed by atoms with E-state index >= 15 is 0 Å². The Balaban J connectivity index is 1.47. The van der Waals surface area contributed by atoms with E-state index in [9.17, 15) is 9.59 Å². The molecule has 134 valence electrons. The lowest BCUT2D eigenvalue weighted by Crippen LogP contribution is -2.48. The third kappa shape index (κ3) is 3.30. The number of carbonyl (C=O) groups is 2. The highest BCUT2D eigenvalue weighted by atomic mass is 16.2. The van der Waals surface area contributed by atoms with Crippen molar-refractivity contribution in [3.8, 4) is 0 Å². The van der Waals surface area contributed by atoms with Gasteiger partial charge in [0.15, 0.2) is 0 Å². The number of nitrogens with zero attached hydrogens (tertiary/aromatic N) is 2. The number of nitrogens with one attached hydrogen (secondary N) is 1. The normalized spacial score (nSPS) is 26.2. The number of carbonyl (C=O) groups excluding carboxylic acids is 2. The first-order valence-corrected chi connectivity index (χ1v) is 9.65. The molecular weight excluding hydrogens is 314 g/mol. The molecule has 3 aliphatic heterocycles. The fraction of sp³-hybridized carbons (Fsp3) is 0.600. The van der Waals surface area contributed by atoms with Gasteiger partial charge in [-0.3, -0.25) is 9.59 Å². The van der Waals surface area contributed by atoms with Gasteiger partial charge in [-0.15, -0.1) is 0 Å². The Hall–Kier alpha value is -1.88. The second-order valence-corrected chi connectivity index (χ2v) is 7.48. The topological polar surface area (TPSA) is 52.7 Å². The maximum absolute atomic E-state index is 13.0. The van der Waals surface area contributed by atoms with Crippen molar-refractivity contribution in [2.24, 2.45) is 0 Å². The van der Waals surface area contributed by atoms with E-state index in [2.05, 4.69) is 23.5 Å². The second kappa shape index (κ2) is 7.16. The maximum atomic E-state index is 13.0. The molecular formula is C20H27N3O2. The molecule has 0 saturated carbocycles. The molecule has 2 saturated heterocycles.